The summed E-state index contributed by atoms with van der Waals surface area (Å²) >= 11 is 0. The Morgan fingerprint density at radius 1 is 1.00 bits per heavy atom. The normalized spacial score (nSPS) is 20.6. The molecule has 5 heteroatoms. The number of nitrogens with two attached hydrogens (primary N) is 1. The molecule has 140 valence electrons. The van der Waals surface area contributed by atoms with Crippen molar-refractivity contribution in [3.05, 3.63) is 99.7 Å². The molecule has 2 aromatic rings. The highest BCUT2D eigenvalue weighted by Gasteiger charge is 2.35. The summed E-state index contributed by atoms with van der Waals surface area (Å²) in [6.07, 6.45) is 4.41. The van der Waals surface area contributed by atoms with Crippen LogP contribution >= 0.6 is 0 Å². The number of rotatable bonds is 2. The third-order valence-corrected chi connectivity index (χ3v) is 5.12. The Morgan fingerprint density at radius 2 is 1.64 bits per heavy atom. The van der Waals surface area contributed by atoms with E-state index in [4.69, 9.17) is 10.5 Å². The second-order valence-electron chi connectivity index (χ2n) is 6.91. The van der Waals surface area contributed by atoms with Gasteiger partial charge in [-0.25, -0.2) is 8.78 Å². The maximum Gasteiger partial charge on any atom is 0.205 e. The minimum absolute atomic E-state index is 0.0717. The van der Waals surface area contributed by atoms with E-state index in [0.717, 1.165) is 41.5 Å². The Kier molecular flexibility index (Phi) is 4.70. The first-order valence-electron chi connectivity index (χ1n) is 9.09. The zero-order chi connectivity index (χ0) is 19.7. The van der Waals surface area contributed by atoms with Crippen LogP contribution in [0.4, 0.5) is 8.78 Å². The summed E-state index contributed by atoms with van der Waals surface area (Å²) in [6.45, 7) is 0. The van der Waals surface area contributed by atoms with Crippen molar-refractivity contribution in [2.24, 2.45) is 5.73 Å². The number of halogens is 2. The lowest BCUT2D eigenvalue weighted by molar-refractivity contribution is 0.277. The molecule has 28 heavy (non-hydrogen) atoms. The van der Waals surface area contributed by atoms with Crippen LogP contribution in [0.5, 0.6) is 0 Å². The van der Waals surface area contributed by atoms with Crippen molar-refractivity contribution in [3.8, 4) is 6.07 Å². The van der Waals surface area contributed by atoms with Gasteiger partial charge in [-0.2, -0.15) is 5.26 Å². The Labute approximate surface area is 162 Å². The molecule has 0 aromatic heterocycles. The summed E-state index contributed by atoms with van der Waals surface area (Å²) < 4.78 is 32.5. The van der Waals surface area contributed by atoms with Crippen LogP contribution in [0.25, 0.3) is 6.08 Å². The van der Waals surface area contributed by atoms with E-state index in [2.05, 4.69) is 6.07 Å². The third-order valence-electron chi connectivity index (χ3n) is 5.12. The maximum atomic E-state index is 13.4. The molecule has 0 spiro atoms. The van der Waals surface area contributed by atoms with Gasteiger partial charge in [-0.05, 0) is 71.9 Å². The van der Waals surface area contributed by atoms with Gasteiger partial charge >= 0.3 is 0 Å². The number of hydrogen-bond acceptors (Lipinski definition) is 3. The monoisotopic (exact) mass is 376 g/mol. The van der Waals surface area contributed by atoms with E-state index in [1.165, 1.54) is 24.3 Å². The number of allylic oxidation sites excluding steroid dienone is 3. The summed E-state index contributed by atoms with van der Waals surface area (Å²) in [7, 11) is 0. The fourth-order valence-electron chi connectivity index (χ4n) is 3.83. The standard InChI is InChI=1S/C23H18F2N2O/c24-17-8-4-14(5-9-17)12-16-2-1-3-19-21(15-6-10-18(25)11-7-15)20(13-26)23(27)28-22(16)19/h4-12,21H,1-3,27H2. The molecule has 1 unspecified atom stereocenters. The number of ether oxygens (including phenoxy) is 1. The van der Waals surface area contributed by atoms with Gasteiger partial charge in [0, 0.05) is 5.92 Å². The van der Waals surface area contributed by atoms with Crippen molar-refractivity contribution in [2.75, 3.05) is 0 Å². The average molecular weight is 376 g/mol. The third kappa shape index (κ3) is 3.29. The fourth-order valence-corrected chi connectivity index (χ4v) is 3.83. The molecule has 4 rings (SSSR count). The van der Waals surface area contributed by atoms with Crippen molar-refractivity contribution >= 4 is 6.08 Å². The van der Waals surface area contributed by atoms with Gasteiger partial charge in [0.25, 0.3) is 0 Å². The second kappa shape index (κ2) is 7.32. The first kappa shape index (κ1) is 18.0. The molecule has 3 nitrogen and oxygen atoms in total. The molecule has 0 bridgehead atoms. The highest BCUT2D eigenvalue weighted by molar-refractivity contribution is 5.62. The van der Waals surface area contributed by atoms with Crippen molar-refractivity contribution in [1.29, 1.82) is 5.26 Å². The van der Waals surface area contributed by atoms with E-state index < -0.39 is 0 Å². The molecule has 1 aliphatic carbocycles. The molecule has 0 saturated carbocycles. The van der Waals surface area contributed by atoms with Crippen molar-refractivity contribution < 1.29 is 13.5 Å². The van der Waals surface area contributed by atoms with E-state index in [-0.39, 0.29) is 23.4 Å². The summed E-state index contributed by atoms with van der Waals surface area (Å²) in [5, 5.41) is 9.65. The molecule has 1 aliphatic heterocycles. The lowest BCUT2D eigenvalue weighted by Gasteiger charge is -2.33. The average Bonchev–Trinajstić information content (AvgIpc) is 2.70. The smallest absolute Gasteiger partial charge is 0.205 e. The van der Waals surface area contributed by atoms with Crippen LogP contribution < -0.4 is 5.73 Å². The maximum absolute atomic E-state index is 13.4. The molecular weight excluding hydrogens is 358 g/mol. The zero-order valence-corrected chi connectivity index (χ0v) is 15.1. The lowest BCUT2D eigenvalue weighted by atomic mass is 9.77. The van der Waals surface area contributed by atoms with Crippen LogP contribution in [-0.4, -0.2) is 0 Å². The van der Waals surface area contributed by atoms with E-state index in [0.29, 0.717) is 11.3 Å². The van der Waals surface area contributed by atoms with E-state index >= 15 is 0 Å². The fraction of sp³-hybridized carbons (Fsp3) is 0.174. The second-order valence-corrected chi connectivity index (χ2v) is 6.91. The minimum atomic E-state index is -0.355. The topological polar surface area (TPSA) is 59.0 Å². The van der Waals surface area contributed by atoms with Gasteiger partial charge in [0.15, 0.2) is 0 Å². The van der Waals surface area contributed by atoms with Gasteiger partial charge in [-0.3, -0.25) is 0 Å². The summed E-state index contributed by atoms with van der Waals surface area (Å²) in [4.78, 5) is 0. The molecule has 0 amide bonds. The predicted molar refractivity (Wildman–Crippen MR) is 102 cm³/mol. The Hall–Kier alpha value is -3.39. The van der Waals surface area contributed by atoms with E-state index in [1.54, 1.807) is 24.3 Å². The summed E-state index contributed by atoms with van der Waals surface area (Å²) in [5.74, 6) is -0.238. The zero-order valence-electron chi connectivity index (χ0n) is 15.1. The van der Waals surface area contributed by atoms with Gasteiger partial charge in [0.05, 0.1) is 0 Å². The van der Waals surface area contributed by atoms with Crippen LogP contribution in [0.15, 0.2) is 76.9 Å². The molecule has 2 aliphatic rings. The van der Waals surface area contributed by atoms with E-state index in [9.17, 15) is 14.0 Å². The van der Waals surface area contributed by atoms with E-state index in [1.807, 2.05) is 6.08 Å². The molecule has 2 aromatic carbocycles. The molecular formula is C23H18F2N2O. The Balaban J connectivity index is 1.82. The molecule has 0 radical (unpaired) electrons. The summed E-state index contributed by atoms with van der Waals surface area (Å²) in [6, 6.07) is 14.5. The van der Waals surface area contributed by atoms with Gasteiger partial charge < -0.3 is 10.5 Å². The largest absolute Gasteiger partial charge is 0.440 e. The highest BCUT2D eigenvalue weighted by atomic mass is 19.1. The quantitative estimate of drug-likeness (QED) is 0.774. The minimum Gasteiger partial charge on any atom is -0.440 e. The number of hydrogen-bond donors (Lipinski definition) is 1. The molecule has 2 N–H and O–H groups in total. The van der Waals surface area contributed by atoms with Gasteiger partial charge in [0.2, 0.25) is 5.88 Å². The molecule has 1 atom stereocenters. The van der Waals surface area contributed by atoms with Gasteiger partial charge in [-0.1, -0.05) is 24.3 Å². The first-order chi connectivity index (χ1) is 13.6. The molecule has 0 fully saturated rings. The predicted octanol–water partition coefficient (Wildman–Crippen LogP) is 5.29. The number of nitriles is 1. The van der Waals surface area contributed by atoms with Gasteiger partial charge in [-0.15, -0.1) is 0 Å². The van der Waals surface area contributed by atoms with Crippen molar-refractivity contribution in [2.45, 2.75) is 25.2 Å². The van der Waals surface area contributed by atoms with Crippen molar-refractivity contribution in [3.63, 3.8) is 0 Å². The van der Waals surface area contributed by atoms with Gasteiger partial charge in [0.1, 0.15) is 29.0 Å². The number of benzene rings is 2. The van der Waals surface area contributed by atoms with Crippen molar-refractivity contribution in [1.82, 2.24) is 0 Å². The van der Waals surface area contributed by atoms with Crippen LogP contribution in [-0.2, 0) is 4.74 Å². The Bertz CT molecular complexity index is 1040. The van der Waals surface area contributed by atoms with Crippen LogP contribution in [0, 0.1) is 23.0 Å². The SMILES string of the molecule is N#CC1=C(N)OC2=C(CCCC2=Cc2ccc(F)cc2)C1c1ccc(F)cc1. The van der Waals surface area contributed by atoms with Crippen LogP contribution in [0.1, 0.15) is 36.3 Å². The van der Waals surface area contributed by atoms with Crippen LogP contribution in [0.3, 0.4) is 0 Å². The highest BCUT2D eigenvalue weighted by Crippen LogP contribution is 2.46. The Morgan fingerprint density at radius 3 is 2.29 bits per heavy atom. The molecule has 0 saturated heterocycles. The molecule has 1 heterocycles. The first-order valence-corrected chi connectivity index (χ1v) is 9.09. The number of nitrogens with zero attached hydrogens (tertiary/aromatic N) is 1. The summed E-state index contributed by atoms with van der Waals surface area (Å²) in [5.41, 5.74) is 10.0. The van der Waals surface area contributed by atoms with Crippen LogP contribution in [0.2, 0.25) is 0 Å². The lowest BCUT2D eigenvalue weighted by Crippen LogP contribution is -2.23.